The number of aromatic nitrogens is 3. The number of hydrogen-bond acceptors (Lipinski definition) is 7. The van der Waals surface area contributed by atoms with Crippen LogP contribution in [-0.4, -0.2) is 95.7 Å². The highest BCUT2D eigenvalue weighted by Gasteiger charge is 2.31. The predicted octanol–water partition coefficient (Wildman–Crippen LogP) is 3.26. The number of anilines is 1. The Morgan fingerprint density at radius 3 is 2.74 bits per heavy atom. The van der Waals surface area contributed by atoms with Crippen molar-refractivity contribution in [2.75, 3.05) is 58.4 Å². The zero-order chi connectivity index (χ0) is 30.1. The lowest BCUT2D eigenvalue weighted by atomic mass is 9.89. The standard InChI is InChI=1S/C29H37F3N6O4/c1-36-12-8-24(21(19-36)9-14-41-16-17-42-15-13-38-27(28(39)40)7-11-34-38)35-25-5-2-6-26-23(25)18-22(4-3-10-33)37(26)20-29(30,31)32/h2,5-7,11,18,21,24,35H,8-10,12-17,19-20,33H2,1H3,(H,39,40). The van der Waals surface area contributed by atoms with Gasteiger partial charge in [0.2, 0.25) is 0 Å². The number of piperidine rings is 1. The molecule has 3 heterocycles. The molecule has 3 aromatic rings. The molecule has 4 rings (SSSR count). The summed E-state index contributed by atoms with van der Waals surface area (Å²) in [4.78, 5) is 13.4. The minimum absolute atomic E-state index is 0.0586. The Bertz CT molecular complexity index is 1390. The maximum atomic E-state index is 13.4. The highest BCUT2D eigenvalue weighted by Crippen LogP contribution is 2.32. The van der Waals surface area contributed by atoms with Crippen molar-refractivity contribution in [2.45, 2.75) is 38.1 Å². The summed E-state index contributed by atoms with van der Waals surface area (Å²) in [7, 11) is 2.08. The summed E-state index contributed by atoms with van der Waals surface area (Å²) >= 11 is 0. The van der Waals surface area contributed by atoms with Gasteiger partial charge in [0, 0.05) is 36.5 Å². The van der Waals surface area contributed by atoms with Crippen molar-refractivity contribution in [1.29, 1.82) is 0 Å². The molecule has 2 aromatic heterocycles. The summed E-state index contributed by atoms with van der Waals surface area (Å²) < 4.78 is 54.1. The number of ether oxygens (including phenoxy) is 2. The maximum Gasteiger partial charge on any atom is 0.406 e. The smallest absolute Gasteiger partial charge is 0.406 e. The predicted molar refractivity (Wildman–Crippen MR) is 152 cm³/mol. The lowest BCUT2D eigenvalue weighted by Crippen LogP contribution is -2.45. The third-order valence-electron chi connectivity index (χ3n) is 7.27. The second kappa shape index (κ2) is 14.6. The number of nitrogens with two attached hydrogens (primary N) is 1. The van der Waals surface area contributed by atoms with Crippen LogP contribution in [0.25, 0.3) is 10.9 Å². The van der Waals surface area contributed by atoms with E-state index in [1.165, 1.54) is 21.5 Å². The number of aromatic carboxylic acids is 1. The van der Waals surface area contributed by atoms with Gasteiger partial charge in [0.1, 0.15) is 12.2 Å². The van der Waals surface area contributed by atoms with E-state index >= 15 is 0 Å². The molecule has 0 amide bonds. The van der Waals surface area contributed by atoms with Crippen molar-refractivity contribution in [3.63, 3.8) is 0 Å². The molecule has 2 atom stereocenters. The number of halogens is 3. The number of nitrogens with one attached hydrogen (secondary N) is 1. The van der Waals surface area contributed by atoms with Crippen LogP contribution in [-0.2, 0) is 22.6 Å². The van der Waals surface area contributed by atoms with E-state index in [-0.39, 0.29) is 29.9 Å². The molecule has 1 saturated heterocycles. The van der Waals surface area contributed by atoms with Crippen LogP contribution in [0.3, 0.4) is 0 Å². The molecule has 4 N–H and O–H groups in total. The van der Waals surface area contributed by atoms with Gasteiger partial charge in [0.05, 0.1) is 44.1 Å². The number of hydrogen-bond donors (Lipinski definition) is 3. The van der Waals surface area contributed by atoms with Crippen LogP contribution >= 0.6 is 0 Å². The molecular weight excluding hydrogens is 553 g/mol. The van der Waals surface area contributed by atoms with Crippen molar-refractivity contribution in [2.24, 2.45) is 11.7 Å². The first kappa shape index (κ1) is 31.4. The van der Waals surface area contributed by atoms with Gasteiger partial charge in [-0.2, -0.15) is 18.3 Å². The number of fused-ring (bicyclic) bond motifs is 1. The van der Waals surface area contributed by atoms with E-state index in [2.05, 4.69) is 34.2 Å². The number of rotatable bonds is 13. The van der Waals surface area contributed by atoms with Crippen molar-refractivity contribution in [1.82, 2.24) is 19.2 Å². The average molecular weight is 591 g/mol. The molecule has 13 heteroatoms. The molecular formula is C29H37F3N6O4. The molecule has 0 spiro atoms. The van der Waals surface area contributed by atoms with Crippen LogP contribution in [0, 0.1) is 17.8 Å². The van der Waals surface area contributed by atoms with E-state index in [0.717, 1.165) is 31.6 Å². The van der Waals surface area contributed by atoms with Crippen LogP contribution in [0.15, 0.2) is 36.5 Å². The highest BCUT2D eigenvalue weighted by atomic mass is 19.4. The number of carboxylic acid groups (broad SMARTS) is 1. The molecule has 1 aromatic carbocycles. The normalized spacial score (nSPS) is 17.7. The Labute approximate surface area is 242 Å². The van der Waals surface area contributed by atoms with E-state index in [1.54, 1.807) is 18.2 Å². The minimum atomic E-state index is -4.39. The fourth-order valence-electron chi connectivity index (χ4n) is 5.30. The first-order valence-electron chi connectivity index (χ1n) is 13.9. The topological polar surface area (TPSA) is 120 Å². The van der Waals surface area contributed by atoms with Gasteiger partial charge in [0.15, 0.2) is 0 Å². The van der Waals surface area contributed by atoms with Gasteiger partial charge in [-0.15, -0.1) is 0 Å². The van der Waals surface area contributed by atoms with Crippen LogP contribution in [0.4, 0.5) is 18.9 Å². The Balaban J connectivity index is 1.32. The van der Waals surface area contributed by atoms with E-state index in [0.29, 0.717) is 43.9 Å². The molecule has 0 aliphatic carbocycles. The third kappa shape index (κ3) is 8.48. The van der Waals surface area contributed by atoms with Crippen LogP contribution < -0.4 is 11.1 Å². The summed E-state index contributed by atoms with van der Waals surface area (Å²) in [5.41, 5.74) is 7.13. The Morgan fingerprint density at radius 1 is 1.21 bits per heavy atom. The molecule has 228 valence electrons. The molecule has 0 radical (unpaired) electrons. The van der Waals surface area contributed by atoms with Gasteiger partial charge in [-0.25, -0.2) is 4.79 Å². The number of alkyl halides is 3. The van der Waals surface area contributed by atoms with Crippen molar-refractivity contribution < 1.29 is 32.5 Å². The Hall–Kier alpha value is -3.57. The second-order valence-corrected chi connectivity index (χ2v) is 10.3. The summed E-state index contributed by atoms with van der Waals surface area (Å²) in [6, 6.07) is 8.60. The van der Waals surface area contributed by atoms with Crippen LogP contribution in [0.5, 0.6) is 0 Å². The molecule has 0 bridgehead atoms. The molecule has 42 heavy (non-hydrogen) atoms. The number of likely N-dealkylation sites (tertiary alicyclic amines) is 1. The van der Waals surface area contributed by atoms with Gasteiger partial charge in [-0.05, 0) is 62.5 Å². The van der Waals surface area contributed by atoms with E-state index < -0.39 is 18.7 Å². The molecule has 1 aliphatic heterocycles. The number of carboxylic acids is 1. The first-order valence-corrected chi connectivity index (χ1v) is 13.9. The van der Waals surface area contributed by atoms with Crippen molar-refractivity contribution in [3.8, 4) is 11.8 Å². The summed E-state index contributed by atoms with van der Waals surface area (Å²) in [6.45, 7) is 2.68. The second-order valence-electron chi connectivity index (χ2n) is 10.3. The van der Waals surface area contributed by atoms with Gasteiger partial charge in [-0.1, -0.05) is 12.0 Å². The molecule has 1 fully saturated rings. The molecule has 0 saturated carbocycles. The molecule has 1 aliphatic rings. The summed E-state index contributed by atoms with van der Waals surface area (Å²) in [5.74, 6) is 4.71. The average Bonchev–Trinajstić information content (AvgIpc) is 3.55. The van der Waals surface area contributed by atoms with Crippen molar-refractivity contribution >= 4 is 22.6 Å². The van der Waals surface area contributed by atoms with Crippen LogP contribution in [0.2, 0.25) is 0 Å². The highest BCUT2D eigenvalue weighted by molar-refractivity contribution is 5.94. The lowest BCUT2D eigenvalue weighted by molar-refractivity contribution is -0.140. The minimum Gasteiger partial charge on any atom is -0.477 e. The van der Waals surface area contributed by atoms with Gasteiger partial charge in [-0.3, -0.25) is 4.68 Å². The monoisotopic (exact) mass is 590 g/mol. The SMILES string of the molecule is CN1CCC(Nc2cccc3c2cc(C#CCN)n3CC(F)(F)F)C(CCOCCOCCn2nccc2C(=O)O)C1. The Kier molecular flexibility index (Phi) is 10.9. The zero-order valence-electron chi connectivity index (χ0n) is 23.6. The number of nitrogens with zero attached hydrogens (tertiary/aromatic N) is 4. The zero-order valence-corrected chi connectivity index (χ0v) is 23.6. The van der Waals surface area contributed by atoms with E-state index in [4.69, 9.17) is 20.3 Å². The summed E-state index contributed by atoms with van der Waals surface area (Å²) in [5, 5.41) is 17.4. The van der Waals surface area contributed by atoms with Gasteiger partial charge in [0.25, 0.3) is 0 Å². The van der Waals surface area contributed by atoms with E-state index in [1.807, 2.05) is 6.07 Å². The van der Waals surface area contributed by atoms with Crippen molar-refractivity contribution in [3.05, 3.63) is 47.9 Å². The summed E-state index contributed by atoms with van der Waals surface area (Å²) in [6.07, 6.45) is -1.26. The number of benzene rings is 1. The van der Waals surface area contributed by atoms with Gasteiger partial charge < -0.3 is 35.1 Å². The molecule has 10 nitrogen and oxygen atoms in total. The quantitative estimate of drug-likeness (QED) is 0.205. The third-order valence-corrected chi connectivity index (χ3v) is 7.27. The fraction of sp³-hybridized carbons (Fsp3) is 0.517. The van der Waals surface area contributed by atoms with Crippen LogP contribution in [0.1, 0.15) is 29.0 Å². The molecule has 2 unspecified atom stereocenters. The van der Waals surface area contributed by atoms with Gasteiger partial charge >= 0.3 is 12.1 Å². The lowest BCUT2D eigenvalue weighted by Gasteiger charge is -2.38. The fourth-order valence-corrected chi connectivity index (χ4v) is 5.30. The Morgan fingerprint density at radius 2 is 2.00 bits per heavy atom. The van der Waals surface area contributed by atoms with E-state index in [9.17, 15) is 18.0 Å². The maximum absolute atomic E-state index is 13.4. The largest absolute Gasteiger partial charge is 0.477 e. The number of carbonyl (C=O) groups is 1. The first-order chi connectivity index (χ1) is 20.2.